The molecule has 1 aliphatic carbocycles. The molecule has 6 heteroatoms. The topological polar surface area (TPSA) is 68.2 Å². The molecule has 1 fully saturated rings. The molecule has 14 heavy (non-hydrogen) atoms. The highest BCUT2D eigenvalue weighted by atomic mass is 32.1. The summed E-state index contributed by atoms with van der Waals surface area (Å²) in [6.45, 7) is 0. The van der Waals surface area contributed by atoms with Crippen LogP contribution in [0.3, 0.4) is 0 Å². The molecule has 2 rings (SSSR count). The molecule has 0 bridgehead atoms. The van der Waals surface area contributed by atoms with Crippen molar-refractivity contribution < 1.29 is 0 Å². The third-order valence-corrected chi connectivity index (χ3v) is 2.10. The first-order valence-corrected chi connectivity index (χ1v) is 4.78. The van der Waals surface area contributed by atoms with Gasteiger partial charge in [0, 0.05) is 6.04 Å². The van der Waals surface area contributed by atoms with Gasteiger partial charge >= 0.3 is 0 Å². The number of rotatable bonds is 3. The molecule has 1 aliphatic rings. The van der Waals surface area contributed by atoms with E-state index >= 15 is 0 Å². The third-order valence-electron chi connectivity index (χ3n) is 2.01. The normalized spacial score (nSPS) is 16.0. The van der Waals surface area contributed by atoms with E-state index in [1.54, 1.807) is 12.4 Å². The predicted octanol–water partition coefficient (Wildman–Crippen LogP) is 0.385. The molecule has 1 aromatic rings. The van der Waals surface area contributed by atoms with Crippen LogP contribution in [-0.2, 0) is 0 Å². The first-order valence-electron chi connectivity index (χ1n) is 4.37. The van der Waals surface area contributed by atoms with Gasteiger partial charge in [0.15, 0.2) is 5.11 Å². The zero-order valence-corrected chi connectivity index (χ0v) is 8.37. The lowest BCUT2D eigenvalue weighted by atomic mass is 10.5. The Hall–Kier alpha value is -1.43. The Morgan fingerprint density at radius 3 is 3.21 bits per heavy atom. The maximum absolute atomic E-state index is 5.23. The minimum absolute atomic E-state index is 0.165. The van der Waals surface area contributed by atoms with E-state index < -0.39 is 0 Å². The van der Waals surface area contributed by atoms with Gasteiger partial charge in [-0.05, 0) is 25.1 Å². The Bertz CT molecular complexity index is 366. The minimum atomic E-state index is 0.165. The smallest absolute Gasteiger partial charge is 0.184 e. The summed E-state index contributed by atoms with van der Waals surface area (Å²) in [5.41, 5.74) is 8.70. The van der Waals surface area contributed by atoms with Gasteiger partial charge in [0.1, 0.15) is 0 Å². The molecule has 0 aromatic carbocycles. The molecular weight excluding hydrogens is 198 g/mol. The fraction of sp³-hybridized carbons (Fsp3) is 0.375. The predicted molar refractivity (Wildman–Crippen MR) is 58.0 cm³/mol. The Morgan fingerprint density at radius 2 is 2.57 bits per heavy atom. The maximum Gasteiger partial charge on any atom is 0.184 e. The third kappa shape index (κ3) is 2.08. The number of hydrogen-bond acceptors (Lipinski definition) is 3. The average molecular weight is 209 g/mol. The number of nitrogens with one attached hydrogen (secondary N) is 1. The highest BCUT2D eigenvalue weighted by Gasteiger charge is 2.24. The van der Waals surface area contributed by atoms with Crippen molar-refractivity contribution in [3.05, 3.63) is 18.2 Å². The van der Waals surface area contributed by atoms with E-state index in [-0.39, 0.29) is 5.11 Å². The molecule has 1 heterocycles. The molecule has 0 atom stereocenters. The van der Waals surface area contributed by atoms with Gasteiger partial charge in [-0.25, -0.2) is 4.98 Å². The van der Waals surface area contributed by atoms with E-state index in [9.17, 15) is 0 Å². The maximum atomic E-state index is 5.23. The molecule has 5 nitrogen and oxygen atoms in total. The van der Waals surface area contributed by atoms with Crippen molar-refractivity contribution in [2.45, 2.75) is 18.9 Å². The summed E-state index contributed by atoms with van der Waals surface area (Å²) >= 11 is 4.62. The number of hydrogen-bond donors (Lipinski definition) is 2. The summed E-state index contributed by atoms with van der Waals surface area (Å²) in [4.78, 5) is 4.06. The summed E-state index contributed by atoms with van der Waals surface area (Å²) < 4.78 is 2.10. The largest absolute Gasteiger partial charge is 0.375 e. The van der Waals surface area contributed by atoms with E-state index in [1.807, 2.05) is 6.33 Å². The Kier molecular flexibility index (Phi) is 2.45. The first kappa shape index (κ1) is 9.14. The average Bonchev–Trinajstić information content (AvgIpc) is 2.87. The monoisotopic (exact) mass is 209 g/mol. The molecule has 1 saturated carbocycles. The van der Waals surface area contributed by atoms with Crippen molar-refractivity contribution in [1.29, 1.82) is 0 Å². The van der Waals surface area contributed by atoms with Gasteiger partial charge in [-0.1, -0.05) is 0 Å². The van der Waals surface area contributed by atoms with E-state index in [0.717, 1.165) is 5.69 Å². The van der Waals surface area contributed by atoms with Crippen LogP contribution < -0.4 is 11.2 Å². The van der Waals surface area contributed by atoms with E-state index in [2.05, 4.69) is 32.3 Å². The summed E-state index contributed by atoms with van der Waals surface area (Å²) in [6, 6.07) is 0.601. The quantitative estimate of drug-likeness (QED) is 0.429. The summed E-state index contributed by atoms with van der Waals surface area (Å²) in [6.07, 6.45) is 7.70. The molecule has 0 unspecified atom stereocenters. The van der Waals surface area contributed by atoms with Crippen LogP contribution in [0, 0.1) is 0 Å². The van der Waals surface area contributed by atoms with Crippen molar-refractivity contribution >= 4 is 23.5 Å². The van der Waals surface area contributed by atoms with Crippen molar-refractivity contribution in [3.63, 3.8) is 0 Å². The SMILES string of the molecule is NC(=S)NN=Cc1cncn1C1CC1. The van der Waals surface area contributed by atoms with Crippen molar-refractivity contribution in [2.75, 3.05) is 0 Å². The highest BCUT2D eigenvalue weighted by molar-refractivity contribution is 7.80. The van der Waals surface area contributed by atoms with Gasteiger partial charge < -0.3 is 10.3 Å². The van der Waals surface area contributed by atoms with Gasteiger partial charge in [-0.2, -0.15) is 5.10 Å². The second-order valence-corrected chi connectivity index (χ2v) is 3.63. The lowest BCUT2D eigenvalue weighted by Gasteiger charge is -2.00. The summed E-state index contributed by atoms with van der Waals surface area (Å²) in [7, 11) is 0. The van der Waals surface area contributed by atoms with Crippen LogP contribution >= 0.6 is 12.2 Å². The van der Waals surface area contributed by atoms with E-state index in [0.29, 0.717) is 6.04 Å². The number of nitrogens with two attached hydrogens (primary N) is 1. The van der Waals surface area contributed by atoms with Gasteiger partial charge in [-0.3, -0.25) is 5.43 Å². The Labute approximate surface area is 87.0 Å². The van der Waals surface area contributed by atoms with Crippen LogP contribution in [0.2, 0.25) is 0 Å². The van der Waals surface area contributed by atoms with Crippen molar-refractivity contribution in [2.24, 2.45) is 10.8 Å². The van der Waals surface area contributed by atoms with Crippen LogP contribution in [0.4, 0.5) is 0 Å². The fourth-order valence-electron chi connectivity index (χ4n) is 1.23. The number of nitrogens with zero attached hydrogens (tertiary/aromatic N) is 3. The summed E-state index contributed by atoms with van der Waals surface area (Å²) in [5.74, 6) is 0. The molecule has 74 valence electrons. The minimum Gasteiger partial charge on any atom is -0.375 e. The van der Waals surface area contributed by atoms with Crippen LogP contribution in [0.1, 0.15) is 24.6 Å². The molecular formula is C8H11N5S. The molecule has 1 aromatic heterocycles. The summed E-state index contributed by atoms with van der Waals surface area (Å²) in [5, 5.41) is 4.05. The molecule has 0 amide bonds. The fourth-order valence-corrected chi connectivity index (χ4v) is 1.29. The molecule has 3 N–H and O–H groups in total. The van der Waals surface area contributed by atoms with Crippen LogP contribution in [-0.4, -0.2) is 20.9 Å². The van der Waals surface area contributed by atoms with Crippen LogP contribution in [0.25, 0.3) is 0 Å². The van der Waals surface area contributed by atoms with Gasteiger partial charge in [-0.15, -0.1) is 0 Å². The second kappa shape index (κ2) is 3.75. The van der Waals surface area contributed by atoms with Crippen molar-refractivity contribution in [3.8, 4) is 0 Å². The number of aromatic nitrogens is 2. The zero-order chi connectivity index (χ0) is 9.97. The number of hydrazone groups is 1. The number of imidazole rings is 1. The van der Waals surface area contributed by atoms with Crippen LogP contribution in [0.15, 0.2) is 17.6 Å². The highest BCUT2D eigenvalue weighted by Crippen LogP contribution is 2.35. The first-order chi connectivity index (χ1) is 6.77. The van der Waals surface area contributed by atoms with E-state index in [1.165, 1.54) is 12.8 Å². The van der Waals surface area contributed by atoms with Crippen LogP contribution in [0.5, 0.6) is 0 Å². The van der Waals surface area contributed by atoms with Gasteiger partial charge in [0.2, 0.25) is 0 Å². The standard InChI is InChI=1S/C8H11N5S/c9-8(14)12-11-4-7-3-10-5-13(7)6-1-2-6/h3-6H,1-2H2,(H3,9,12,14). The van der Waals surface area contributed by atoms with E-state index in [4.69, 9.17) is 5.73 Å². The van der Waals surface area contributed by atoms with Gasteiger partial charge in [0.05, 0.1) is 24.4 Å². The lowest BCUT2D eigenvalue weighted by molar-refractivity contribution is 0.735. The molecule has 0 spiro atoms. The van der Waals surface area contributed by atoms with Gasteiger partial charge in [0.25, 0.3) is 0 Å². The molecule has 0 saturated heterocycles. The Balaban J connectivity index is 2.04. The number of thiocarbonyl (C=S) groups is 1. The van der Waals surface area contributed by atoms with Crippen molar-refractivity contribution in [1.82, 2.24) is 15.0 Å². The second-order valence-electron chi connectivity index (χ2n) is 3.19. The molecule has 0 aliphatic heterocycles. The zero-order valence-electron chi connectivity index (χ0n) is 7.55. The Morgan fingerprint density at radius 1 is 1.79 bits per heavy atom. The lowest BCUT2D eigenvalue weighted by Crippen LogP contribution is -2.24. The molecule has 0 radical (unpaired) electrons.